The van der Waals surface area contributed by atoms with E-state index in [1.54, 1.807) is 6.08 Å². The molecule has 1 aliphatic heterocycles. The van der Waals surface area contributed by atoms with Crippen molar-refractivity contribution in [2.24, 2.45) is 5.73 Å². The summed E-state index contributed by atoms with van der Waals surface area (Å²) in [5.41, 5.74) is 4.67. The van der Waals surface area contributed by atoms with Crippen molar-refractivity contribution in [2.45, 2.75) is 37.9 Å². The molecule has 0 aliphatic carbocycles. The van der Waals surface area contributed by atoms with Gasteiger partial charge in [0.15, 0.2) is 0 Å². The van der Waals surface area contributed by atoms with Gasteiger partial charge in [0.25, 0.3) is 5.91 Å². The number of amides is 2. The fourth-order valence-corrected chi connectivity index (χ4v) is 3.02. The fourth-order valence-electron chi connectivity index (χ4n) is 3.02. The molecule has 0 spiro atoms. The maximum Gasteiger partial charge on any atom is 0.309 e. The van der Waals surface area contributed by atoms with Crippen LogP contribution in [-0.4, -0.2) is 47.3 Å². The molecule has 29 heavy (non-hydrogen) atoms. The van der Waals surface area contributed by atoms with Gasteiger partial charge < -0.3 is 15.8 Å². The topological polar surface area (TPSA) is 126 Å². The lowest BCUT2D eigenvalue weighted by molar-refractivity contribution is -0.145. The summed E-state index contributed by atoms with van der Waals surface area (Å²) < 4.78 is 31.1. The van der Waals surface area contributed by atoms with Gasteiger partial charge in [-0.25, -0.2) is 8.78 Å². The molecule has 2 amide bonds. The van der Waals surface area contributed by atoms with Crippen LogP contribution in [0.4, 0.5) is 8.78 Å². The van der Waals surface area contributed by atoms with Crippen molar-refractivity contribution in [3.63, 3.8) is 0 Å². The number of rotatable bonds is 6. The third-order valence-corrected chi connectivity index (χ3v) is 4.31. The Morgan fingerprint density at radius 1 is 1.31 bits per heavy atom. The highest BCUT2D eigenvalue weighted by Gasteiger charge is 2.42. The van der Waals surface area contributed by atoms with Gasteiger partial charge in [-0.2, -0.15) is 0 Å². The molecular formula is C19H22F2N4O4. The zero-order valence-corrected chi connectivity index (χ0v) is 16.0. The summed E-state index contributed by atoms with van der Waals surface area (Å²) in [6.07, 6.45) is 2.40. The number of halogens is 2. The van der Waals surface area contributed by atoms with Crippen molar-refractivity contribution in [3.05, 3.63) is 47.5 Å². The second kappa shape index (κ2) is 8.91. The standard InChI is InChI=1S/C19H22F2N4O4/c1-11(24-16(26)8-12-6-13(20)9-14(21)7-12)18(28)25-15(22)4-3-5-19(25,23)10-17(27)29-2/h3,5-7,9,11,22H,4,8,10,23H2,1-2H3,(H,24,26)/t11-,19?/m0/s1. The van der Waals surface area contributed by atoms with Crippen molar-refractivity contribution < 1.29 is 27.9 Å². The monoisotopic (exact) mass is 408 g/mol. The average molecular weight is 408 g/mol. The Labute approximate surface area is 166 Å². The van der Waals surface area contributed by atoms with Gasteiger partial charge in [0.1, 0.15) is 29.2 Å². The van der Waals surface area contributed by atoms with Crippen molar-refractivity contribution >= 4 is 23.6 Å². The summed E-state index contributed by atoms with van der Waals surface area (Å²) in [4.78, 5) is 37.7. The fraction of sp³-hybridized carbons (Fsp3) is 0.368. The maximum absolute atomic E-state index is 13.3. The van der Waals surface area contributed by atoms with E-state index in [2.05, 4.69) is 10.1 Å². The van der Waals surface area contributed by atoms with Gasteiger partial charge in [-0.05, 0) is 30.7 Å². The van der Waals surface area contributed by atoms with Crippen molar-refractivity contribution in [1.29, 1.82) is 5.41 Å². The molecule has 1 aliphatic rings. The number of benzene rings is 1. The Bertz CT molecular complexity index is 854. The Hall–Kier alpha value is -3.14. The summed E-state index contributed by atoms with van der Waals surface area (Å²) in [6, 6.07) is 1.61. The number of amidine groups is 1. The van der Waals surface area contributed by atoms with Gasteiger partial charge in [0.05, 0.1) is 20.0 Å². The number of nitrogens with zero attached hydrogens (tertiary/aromatic N) is 1. The molecule has 8 nitrogen and oxygen atoms in total. The highest BCUT2D eigenvalue weighted by Crippen LogP contribution is 2.24. The van der Waals surface area contributed by atoms with Crippen LogP contribution in [0.2, 0.25) is 0 Å². The predicted molar refractivity (Wildman–Crippen MR) is 99.5 cm³/mol. The number of methoxy groups -OCH3 is 1. The number of nitrogens with one attached hydrogen (secondary N) is 2. The van der Waals surface area contributed by atoms with E-state index in [1.807, 2.05) is 0 Å². The Morgan fingerprint density at radius 2 is 1.93 bits per heavy atom. The number of esters is 1. The quantitative estimate of drug-likeness (QED) is 0.478. The van der Waals surface area contributed by atoms with Gasteiger partial charge in [-0.1, -0.05) is 6.08 Å². The zero-order valence-electron chi connectivity index (χ0n) is 16.0. The van der Waals surface area contributed by atoms with E-state index in [0.717, 1.165) is 17.0 Å². The van der Waals surface area contributed by atoms with Crippen LogP contribution in [0.15, 0.2) is 30.4 Å². The number of carbonyl (C=O) groups is 3. The first-order valence-electron chi connectivity index (χ1n) is 8.75. The van der Waals surface area contributed by atoms with Crippen LogP contribution >= 0.6 is 0 Å². The second-order valence-corrected chi connectivity index (χ2v) is 6.71. The molecule has 0 bridgehead atoms. The SMILES string of the molecule is COC(=O)CC1(N)C=CCC(=N)N1C(=O)[C@H](C)NC(=O)Cc1cc(F)cc(F)c1. The van der Waals surface area contributed by atoms with Crippen molar-refractivity contribution in [1.82, 2.24) is 10.2 Å². The van der Waals surface area contributed by atoms with E-state index in [4.69, 9.17) is 11.1 Å². The molecule has 10 heteroatoms. The van der Waals surface area contributed by atoms with E-state index >= 15 is 0 Å². The lowest BCUT2D eigenvalue weighted by Crippen LogP contribution is -2.64. The molecule has 2 rings (SSSR count). The van der Waals surface area contributed by atoms with Gasteiger partial charge >= 0.3 is 5.97 Å². The molecule has 2 atom stereocenters. The highest BCUT2D eigenvalue weighted by molar-refractivity contribution is 6.02. The zero-order chi connectivity index (χ0) is 21.8. The molecular weight excluding hydrogens is 386 g/mol. The number of carbonyl (C=O) groups excluding carboxylic acids is 3. The predicted octanol–water partition coefficient (Wildman–Crippen LogP) is 0.996. The largest absolute Gasteiger partial charge is 0.469 e. The van der Waals surface area contributed by atoms with Crippen LogP contribution in [0.25, 0.3) is 0 Å². The lowest BCUT2D eigenvalue weighted by Gasteiger charge is -2.41. The molecule has 0 fully saturated rings. The second-order valence-electron chi connectivity index (χ2n) is 6.71. The smallest absolute Gasteiger partial charge is 0.309 e. The molecule has 4 N–H and O–H groups in total. The van der Waals surface area contributed by atoms with Crippen LogP contribution in [0.1, 0.15) is 25.3 Å². The average Bonchev–Trinajstić information content (AvgIpc) is 2.59. The minimum atomic E-state index is -1.61. The van der Waals surface area contributed by atoms with Crippen molar-refractivity contribution in [3.8, 4) is 0 Å². The summed E-state index contributed by atoms with van der Waals surface area (Å²) in [5, 5.41) is 10.5. The molecule has 0 saturated carbocycles. The first-order valence-corrected chi connectivity index (χ1v) is 8.75. The van der Waals surface area contributed by atoms with E-state index in [-0.39, 0.29) is 30.7 Å². The Morgan fingerprint density at radius 3 is 2.52 bits per heavy atom. The van der Waals surface area contributed by atoms with E-state index in [0.29, 0.717) is 6.07 Å². The van der Waals surface area contributed by atoms with Crippen molar-refractivity contribution in [2.75, 3.05) is 7.11 Å². The number of hydrogen-bond acceptors (Lipinski definition) is 6. The molecule has 0 saturated heterocycles. The van der Waals surface area contributed by atoms with Crippen LogP contribution < -0.4 is 11.1 Å². The lowest BCUT2D eigenvalue weighted by atomic mass is 9.97. The van der Waals surface area contributed by atoms with Crippen LogP contribution in [0, 0.1) is 17.0 Å². The summed E-state index contributed by atoms with van der Waals surface area (Å²) in [7, 11) is 1.17. The molecule has 1 aromatic rings. The summed E-state index contributed by atoms with van der Waals surface area (Å²) in [6.45, 7) is 1.39. The van der Waals surface area contributed by atoms with Gasteiger partial charge in [0, 0.05) is 12.5 Å². The molecule has 1 aromatic carbocycles. The first kappa shape index (κ1) is 22.2. The summed E-state index contributed by atoms with van der Waals surface area (Å²) >= 11 is 0. The number of hydrogen-bond donors (Lipinski definition) is 3. The van der Waals surface area contributed by atoms with Gasteiger partial charge in [-0.15, -0.1) is 0 Å². The highest BCUT2D eigenvalue weighted by atomic mass is 19.1. The third kappa shape index (κ3) is 5.44. The third-order valence-electron chi connectivity index (χ3n) is 4.31. The number of nitrogens with two attached hydrogens (primary N) is 1. The normalized spacial score (nSPS) is 19.6. The van der Waals surface area contributed by atoms with Crippen LogP contribution in [0.5, 0.6) is 0 Å². The maximum atomic E-state index is 13.3. The number of ether oxygens (including phenoxy) is 1. The molecule has 0 radical (unpaired) electrons. The Kier molecular flexibility index (Phi) is 6.80. The van der Waals surface area contributed by atoms with E-state index in [9.17, 15) is 23.2 Å². The van der Waals surface area contributed by atoms with E-state index < -0.39 is 41.1 Å². The molecule has 1 heterocycles. The first-order chi connectivity index (χ1) is 13.6. The Balaban J connectivity index is 2.12. The molecule has 0 aromatic heterocycles. The minimum Gasteiger partial charge on any atom is -0.469 e. The minimum absolute atomic E-state index is 0.104. The molecule has 156 valence electrons. The molecule has 1 unspecified atom stereocenters. The van der Waals surface area contributed by atoms with Crippen LogP contribution in [-0.2, 0) is 25.5 Å². The van der Waals surface area contributed by atoms with Gasteiger partial charge in [0.2, 0.25) is 5.91 Å². The van der Waals surface area contributed by atoms with E-state index in [1.165, 1.54) is 20.1 Å². The summed E-state index contributed by atoms with van der Waals surface area (Å²) in [5.74, 6) is -3.80. The van der Waals surface area contributed by atoms with Gasteiger partial charge in [-0.3, -0.25) is 24.7 Å². The van der Waals surface area contributed by atoms with Crippen LogP contribution in [0.3, 0.4) is 0 Å².